The molecule has 1 unspecified atom stereocenters. The summed E-state index contributed by atoms with van der Waals surface area (Å²) in [4.78, 5) is 24.9. The fourth-order valence-electron chi connectivity index (χ4n) is 2.57. The average molecular weight is 281 g/mol. The highest BCUT2D eigenvalue weighted by molar-refractivity contribution is 6.52. The van der Waals surface area contributed by atoms with Crippen LogP contribution in [0.5, 0.6) is 0 Å². The molecule has 2 heterocycles. The molecule has 1 aromatic rings. The first kappa shape index (κ1) is 12.4. The quantitative estimate of drug-likeness (QED) is 0.764. The molecule has 1 aromatic carbocycles. The lowest BCUT2D eigenvalue weighted by Crippen LogP contribution is -2.38. The topological polar surface area (TPSA) is 69.6 Å². The molecule has 1 atom stereocenters. The van der Waals surface area contributed by atoms with Gasteiger partial charge in [0.2, 0.25) is 0 Å². The molecule has 1 saturated heterocycles. The Hall–Kier alpha value is -1.59. The molecule has 2 aliphatic rings. The molecule has 3 rings (SSSR count). The second-order valence-corrected chi connectivity index (χ2v) is 5.28. The number of hydrogen-bond acceptors (Lipinski definition) is 4. The molecule has 0 bridgehead atoms. The van der Waals surface area contributed by atoms with Gasteiger partial charge in [-0.3, -0.25) is 9.59 Å². The first-order chi connectivity index (χ1) is 9.06. The molecule has 0 aliphatic carbocycles. The molecule has 0 aromatic heterocycles. The third-order valence-corrected chi connectivity index (χ3v) is 3.83. The number of fused-ring (bicyclic) bond motifs is 1. The van der Waals surface area contributed by atoms with Gasteiger partial charge in [-0.15, -0.1) is 0 Å². The first-order valence-corrected chi connectivity index (χ1v) is 6.56. The van der Waals surface area contributed by atoms with Crippen molar-refractivity contribution in [3.05, 3.63) is 22.7 Å². The number of Topliss-reactive ketones (excluding diaryl/α,β-unsaturated/α-hetero) is 1. The summed E-state index contributed by atoms with van der Waals surface area (Å²) in [6.07, 6.45) is 1.31. The minimum atomic E-state index is -0.623. The zero-order chi connectivity index (χ0) is 13.6. The summed E-state index contributed by atoms with van der Waals surface area (Å²) >= 11 is 6.19. The molecule has 0 spiro atoms. The van der Waals surface area contributed by atoms with Crippen LogP contribution in [0.25, 0.3) is 0 Å². The summed E-state index contributed by atoms with van der Waals surface area (Å²) in [5.74, 6) is -1.18. The largest absolute Gasteiger partial charge is 0.391 e. The van der Waals surface area contributed by atoms with E-state index in [1.807, 2.05) is 4.90 Å². The van der Waals surface area contributed by atoms with Gasteiger partial charge in [0.15, 0.2) is 0 Å². The summed E-state index contributed by atoms with van der Waals surface area (Å²) in [6.45, 7) is 1.32. The van der Waals surface area contributed by atoms with Gasteiger partial charge in [-0.1, -0.05) is 11.6 Å². The van der Waals surface area contributed by atoms with Crippen molar-refractivity contribution in [1.29, 1.82) is 0 Å². The van der Waals surface area contributed by atoms with Gasteiger partial charge in [0.1, 0.15) is 0 Å². The lowest BCUT2D eigenvalue weighted by molar-refractivity contribution is -0.112. The number of carbonyl (C=O) groups is 2. The van der Waals surface area contributed by atoms with Crippen LogP contribution in [0.1, 0.15) is 23.2 Å². The fraction of sp³-hybridized carbons (Fsp3) is 0.385. The SMILES string of the molecule is O=C1Nc2cc(N3CCCC(O)C3)c(Cl)cc2C1=O. The Morgan fingerprint density at radius 1 is 1.37 bits per heavy atom. The number of anilines is 2. The minimum Gasteiger partial charge on any atom is -0.391 e. The van der Waals surface area contributed by atoms with Crippen molar-refractivity contribution in [2.45, 2.75) is 18.9 Å². The molecule has 5 nitrogen and oxygen atoms in total. The molecule has 1 amide bonds. The van der Waals surface area contributed by atoms with Crippen molar-refractivity contribution in [2.75, 3.05) is 23.3 Å². The molecule has 0 saturated carbocycles. The van der Waals surface area contributed by atoms with Gasteiger partial charge >= 0.3 is 0 Å². The number of piperidine rings is 1. The van der Waals surface area contributed by atoms with Crippen molar-refractivity contribution in [3.8, 4) is 0 Å². The number of ketones is 1. The number of β-amino-alcohol motifs (C(OH)–C–C–N with tert-alkyl or cyclic N) is 1. The maximum atomic E-state index is 11.6. The van der Waals surface area contributed by atoms with E-state index in [4.69, 9.17) is 11.6 Å². The average Bonchev–Trinajstić information content (AvgIpc) is 2.65. The lowest BCUT2D eigenvalue weighted by Gasteiger charge is -2.32. The van der Waals surface area contributed by atoms with E-state index in [9.17, 15) is 14.7 Å². The molecule has 100 valence electrons. The van der Waals surface area contributed by atoms with Gasteiger partial charge in [0.25, 0.3) is 11.7 Å². The number of nitrogens with zero attached hydrogens (tertiary/aromatic N) is 1. The molecule has 2 aliphatic heterocycles. The summed E-state index contributed by atoms with van der Waals surface area (Å²) in [6, 6.07) is 3.23. The predicted molar refractivity (Wildman–Crippen MR) is 71.9 cm³/mol. The van der Waals surface area contributed by atoms with Crippen LogP contribution >= 0.6 is 11.6 Å². The molecule has 19 heavy (non-hydrogen) atoms. The van der Waals surface area contributed by atoms with Gasteiger partial charge in [0, 0.05) is 13.1 Å². The molecule has 0 radical (unpaired) electrons. The Kier molecular flexibility index (Phi) is 2.95. The number of rotatable bonds is 1. The first-order valence-electron chi connectivity index (χ1n) is 6.18. The second kappa shape index (κ2) is 4.51. The van der Waals surface area contributed by atoms with E-state index in [2.05, 4.69) is 5.32 Å². The van der Waals surface area contributed by atoms with Gasteiger partial charge in [-0.05, 0) is 25.0 Å². The van der Waals surface area contributed by atoms with Crippen molar-refractivity contribution in [2.24, 2.45) is 0 Å². The Balaban J connectivity index is 1.98. The number of aliphatic hydroxyl groups is 1. The number of halogens is 1. The number of amides is 1. The molecular weight excluding hydrogens is 268 g/mol. The smallest absolute Gasteiger partial charge is 0.296 e. The van der Waals surface area contributed by atoms with Gasteiger partial charge in [-0.2, -0.15) is 0 Å². The van der Waals surface area contributed by atoms with Crippen molar-refractivity contribution >= 4 is 34.7 Å². The van der Waals surface area contributed by atoms with Gasteiger partial charge < -0.3 is 15.3 Å². The zero-order valence-corrected chi connectivity index (χ0v) is 10.9. The summed E-state index contributed by atoms with van der Waals surface area (Å²) in [7, 11) is 0. The highest BCUT2D eigenvalue weighted by atomic mass is 35.5. The maximum absolute atomic E-state index is 11.6. The van der Waals surface area contributed by atoms with Crippen LogP contribution in [0.15, 0.2) is 12.1 Å². The number of carbonyl (C=O) groups excluding carboxylic acids is 2. The van der Waals surface area contributed by atoms with E-state index in [0.717, 1.165) is 25.1 Å². The Bertz CT molecular complexity index is 573. The third kappa shape index (κ3) is 2.09. The fourth-order valence-corrected chi connectivity index (χ4v) is 2.85. The maximum Gasteiger partial charge on any atom is 0.296 e. The van der Waals surface area contributed by atoms with E-state index in [0.29, 0.717) is 22.8 Å². The summed E-state index contributed by atoms with van der Waals surface area (Å²) in [5, 5.41) is 12.7. The Morgan fingerprint density at radius 3 is 2.89 bits per heavy atom. The summed E-state index contributed by atoms with van der Waals surface area (Å²) in [5.41, 5.74) is 1.56. The minimum absolute atomic E-state index is 0.316. The van der Waals surface area contributed by atoms with Crippen LogP contribution in [-0.4, -0.2) is 36.0 Å². The number of aliphatic hydroxyl groups excluding tert-OH is 1. The third-order valence-electron chi connectivity index (χ3n) is 3.52. The number of hydrogen-bond donors (Lipinski definition) is 2. The molecular formula is C13H13ClN2O3. The lowest BCUT2D eigenvalue weighted by atomic mass is 10.1. The Morgan fingerprint density at radius 2 is 2.16 bits per heavy atom. The van der Waals surface area contributed by atoms with Crippen LogP contribution in [0.4, 0.5) is 11.4 Å². The van der Waals surface area contributed by atoms with E-state index < -0.39 is 11.7 Å². The van der Waals surface area contributed by atoms with Crippen LogP contribution in [-0.2, 0) is 4.79 Å². The van der Waals surface area contributed by atoms with E-state index >= 15 is 0 Å². The van der Waals surface area contributed by atoms with Crippen LogP contribution in [0, 0.1) is 0 Å². The van der Waals surface area contributed by atoms with E-state index in [1.165, 1.54) is 6.07 Å². The van der Waals surface area contributed by atoms with Crippen LogP contribution in [0.2, 0.25) is 5.02 Å². The standard InChI is InChI=1S/C13H13ClN2O3/c14-9-4-8-10(15-13(19)12(8)18)5-11(9)16-3-1-2-7(17)6-16/h4-5,7,17H,1-3,6H2,(H,15,18,19). The van der Waals surface area contributed by atoms with E-state index in [-0.39, 0.29) is 6.10 Å². The zero-order valence-electron chi connectivity index (χ0n) is 10.1. The predicted octanol–water partition coefficient (Wildman–Crippen LogP) is 1.44. The van der Waals surface area contributed by atoms with Gasteiger partial charge in [0.05, 0.1) is 28.1 Å². The van der Waals surface area contributed by atoms with Crippen LogP contribution in [0.3, 0.4) is 0 Å². The van der Waals surface area contributed by atoms with Crippen LogP contribution < -0.4 is 10.2 Å². The second-order valence-electron chi connectivity index (χ2n) is 4.87. The monoisotopic (exact) mass is 280 g/mol. The number of benzene rings is 1. The van der Waals surface area contributed by atoms with E-state index in [1.54, 1.807) is 6.07 Å². The molecule has 2 N–H and O–H groups in total. The van der Waals surface area contributed by atoms with Gasteiger partial charge in [-0.25, -0.2) is 0 Å². The number of nitrogens with one attached hydrogen (secondary N) is 1. The Labute approximate surface area is 115 Å². The van der Waals surface area contributed by atoms with Crippen molar-refractivity contribution in [1.82, 2.24) is 0 Å². The molecule has 1 fully saturated rings. The van der Waals surface area contributed by atoms with Crippen molar-refractivity contribution in [3.63, 3.8) is 0 Å². The van der Waals surface area contributed by atoms with Crippen molar-refractivity contribution < 1.29 is 14.7 Å². The highest BCUT2D eigenvalue weighted by Crippen LogP contribution is 2.36. The normalized spacial score (nSPS) is 22.4. The highest BCUT2D eigenvalue weighted by Gasteiger charge is 2.30. The molecule has 6 heteroatoms. The summed E-state index contributed by atoms with van der Waals surface area (Å²) < 4.78 is 0.